The third kappa shape index (κ3) is 2.71. The van der Waals surface area contributed by atoms with Crippen molar-refractivity contribution in [3.05, 3.63) is 51.2 Å². The first-order chi connectivity index (χ1) is 9.02. The number of nitrogens with one attached hydrogen (secondary N) is 1. The van der Waals surface area contributed by atoms with Gasteiger partial charge < -0.3 is 10.1 Å². The van der Waals surface area contributed by atoms with Gasteiger partial charge >= 0.3 is 0 Å². The maximum Gasteiger partial charge on any atom is 0.254 e. The largest absolute Gasteiger partial charge is 0.396 e. The van der Waals surface area contributed by atoms with Crippen LogP contribution in [0, 0.1) is 19.7 Å². The molecule has 0 saturated carbocycles. The molecule has 19 heavy (non-hydrogen) atoms. The zero-order chi connectivity index (χ0) is 14.0. The van der Waals surface area contributed by atoms with Crippen molar-refractivity contribution in [1.82, 2.24) is 9.97 Å². The molecule has 0 amide bonds. The molecule has 2 N–H and O–H groups in total. The molecule has 0 aliphatic rings. The first-order valence-corrected chi connectivity index (χ1v) is 6.00. The number of benzene rings is 1. The van der Waals surface area contributed by atoms with Crippen LogP contribution in [0.5, 0.6) is 0 Å². The summed E-state index contributed by atoms with van der Waals surface area (Å²) in [5.41, 5.74) is 1.78. The van der Waals surface area contributed by atoms with Gasteiger partial charge in [0.15, 0.2) is 0 Å². The second-order valence-electron chi connectivity index (χ2n) is 4.42. The molecule has 0 aliphatic heterocycles. The fourth-order valence-corrected chi connectivity index (χ4v) is 1.89. The molecular weight excluding hydrogens is 247 g/mol. The van der Waals surface area contributed by atoms with E-state index >= 15 is 0 Å². The van der Waals surface area contributed by atoms with Gasteiger partial charge in [-0.1, -0.05) is 12.1 Å². The molecule has 1 heterocycles. The lowest BCUT2D eigenvalue weighted by Gasteiger charge is -2.07. The number of aromatic nitrogens is 2. The van der Waals surface area contributed by atoms with Gasteiger partial charge in [-0.25, -0.2) is 9.37 Å². The molecule has 4 nitrogen and oxygen atoms in total. The first-order valence-electron chi connectivity index (χ1n) is 6.00. The van der Waals surface area contributed by atoms with Gasteiger partial charge in [0.1, 0.15) is 11.6 Å². The fraction of sp³-hybridized carbons (Fsp3) is 0.286. The van der Waals surface area contributed by atoms with Crippen molar-refractivity contribution in [2.45, 2.75) is 20.3 Å². The molecular formula is C14H15FN2O2. The number of hydrogen-bond acceptors (Lipinski definition) is 3. The van der Waals surface area contributed by atoms with Crippen molar-refractivity contribution in [1.29, 1.82) is 0 Å². The monoisotopic (exact) mass is 262 g/mol. The summed E-state index contributed by atoms with van der Waals surface area (Å²) >= 11 is 0. The quantitative estimate of drug-likeness (QED) is 0.885. The Bertz CT molecular complexity index is 665. The predicted molar refractivity (Wildman–Crippen MR) is 70.5 cm³/mol. The van der Waals surface area contributed by atoms with Crippen LogP contribution in [0.1, 0.15) is 16.8 Å². The molecule has 1 aromatic heterocycles. The predicted octanol–water partition coefficient (Wildman–Crippen LogP) is 1.73. The fourth-order valence-electron chi connectivity index (χ4n) is 1.89. The Kier molecular flexibility index (Phi) is 3.76. The van der Waals surface area contributed by atoms with Crippen LogP contribution in [0.25, 0.3) is 11.4 Å². The molecule has 0 bridgehead atoms. The summed E-state index contributed by atoms with van der Waals surface area (Å²) in [7, 11) is 0. The van der Waals surface area contributed by atoms with Crippen molar-refractivity contribution in [3.63, 3.8) is 0 Å². The van der Waals surface area contributed by atoms with E-state index in [1.165, 1.54) is 6.07 Å². The van der Waals surface area contributed by atoms with Crippen LogP contribution in [0.2, 0.25) is 0 Å². The van der Waals surface area contributed by atoms with Crippen LogP contribution in [0.3, 0.4) is 0 Å². The maximum atomic E-state index is 13.5. The van der Waals surface area contributed by atoms with Crippen LogP contribution in [-0.4, -0.2) is 21.7 Å². The average Bonchev–Trinajstić information content (AvgIpc) is 2.37. The number of halogens is 1. The molecule has 0 aliphatic carbocycles. The Morgan fingerprint density at radius 3 is 2.68 bits per heavy atom. The van der Waals surface area contributed by atoms with Gasteiger partial charge in [0, 0.05) is 29.8 Å². The van der Waals surface area contributed by atoms with E-state index in [-0.39, 0.29) is 24.4 Å². The van der Waals surface area contributed by atoms with Gasteiger partial charge in [0.2, 0.25) is 0 Å². The normalized spacial score (nSPS) is 10.7. The Morgan fingerprint density at radius 2 is 2.11 bits per heavy atom. The van der Waals surface area contributed by atoms with Crippen molar-refractivity contribution in [3.8, 4) is 11.4 Å². The summed E-state index contributed by atoms with van der Waals surface area (Å²) in [4.78, 5) is 18.8. The second-order valence-corrected chi connectivity index (χ2v) is 4.42. The van der Waals surface area contributed by atoms with E-state index < -0.39 is 0 Å². The molecule has 0 unspecified atom stereocenters. The molecule has 0 saturated heterocycles. The smallest absolute Gasteiger partial charge is 0.254 e. The number of aliphatic hydroxyl groups is 1. The summed E-state index contributed by atoms with van der Waals surface area (Å²) in [6.07, 6.45) is 0.261. The van der Waals surface area contributed by atoms with E-state index in [1.54, 1.807) is 26.0 Å². The SMILES string of the molecule is Cc1ccc(-c2nc(C)c(CCO)c(=O)[nH]2)cc1F. The van der Waals surface area contributed by atoms with E-state index in [4.69, 9.17) is 5.11 Å². The number of H-pyrrole nitrogens is 1. The third-order valence-corrected chi connectivity index (χ3v) is 3.03. The number of aliphatic hydroxyl groups excluding tert-OH is 1. The highest BCUT2D eigenvalue weighted by molar-refractivity contribution is 5.55. The molecule has 5 heteroatoms. The number of hydrogen-bond donors (Lipinski definition) is 2. The Hall–Kier alpha value is -2.01. The van der Waals surface area contributed by atoms with Crippen LogP contribution < -0.4 is 5.56 Å². The average molecular weight is 262 g/mol. The van der Waals surface area contributed by atoms with E-state index in [9.17, 15) is 9.18 Å². The van der Waals surface area contributed by atoms with E-state index in [2.05, 4.69) is 9.97 Å². The van der Waals surface area contributed by atoms with Crippen molar-refractivity contribution in [2.24, 2.45) is 0 Å². The van der Waals surface area contributed by atoms with E-state index in [0.29, 0.717) is 28.2 Å². The minimum atomic E-state index is -0.336. The van der Waals surface area contributed by atoms with E-state index in [1.807, 2.05) is 0 Å². The highest BCUT2D eigenvalue weighted by atomic mass is 19.1. The Morgan fingerprint density at radius 1 is 1.37 bits per heavy atom. The molecule has 100 valence electrons. The van der Waals surface area contributed by atoms with E-state index in [0.717, 1.165) is 0 Å². The number of aryl methyl sites for hydroxylation is 2. The van der Waals surface area contributed by atoms with Crippen LogP contribution in [0.15, 0.2) is 23.0 Å². The standard InChI is InChI=1S/C14H15FN2O2/c1-8-3-4-10(7-12(8)15)13-16-9(2)11(5-6-18)14(19)17-13/h3-4,7,18H,5-6H2,1-2H3,(H,16,17,19). The molecule has 2 rings (SSSR count). The maximum absolute atomic E-state index is 13.5. The van der Waals surface area contributed by atoms with Gasteiger partial charge in [-0.05, 0) is 25.5 Å². The third-order valence-electron chi connectivity index (χ3n) is 3.03. The van der Waals surface area contributed by atoms with Gasteiger partial charge in [-0.3, -0.25) is 4.79 Å². The molecule has 0 fully saturated rings. The minimum Gasteiger partial charge on any atom is -0.396 e. The van der Waals surface area contributed by atoms with Gasteiger partial charge in [0.25, 0.3) is 5.56 Å². The second kappa shape index (κ2) is 5.32. The number of rotatable bonds is 3. The van der Waals surface area contributed by atoms with Gasteiger partial charge in [0.05, 0.1) is 0 Å². The van der Waals surface area contributed by atoms with Gasteiger partial charge in [-0.2, -0.15) is 0 Å². The highest BCUT2D eigenvalue weighted by Crippen LogP contribution is 2.18. The highest BCUT2D eigenvalue weighted by Gasteiger charge is 2.10. The molecule has 0 radical (unpaired) electrons. The topological polar surface area (TPSA) is 66.0 Å². The van der Waals surface area contributed by atoms with Crippen LogP contribution >= 0.6 is 0 Å². The zero-order valence-corrected chi connectivity index (χ0v) is 10.8. The van der Waals surface area contributed by atoms with Crippen molar-refractivity contribution in [2.75, 3.05) is 6.61 Å². The molecule has 0 spiro atoms. The summed E-state index contributed by atoms with van der Waals surface area (Å²) in [6, 6.07) is 4.70. The first kappa shape index (κ1) is 13.4. The molecule has 2 aromatic rings. The summed E-state index contributed by atoms with van der Waals surface area (Å²) in [5, 5.41) is 8.89. The lowest BCUT2D eigenvalue weighted by atomic mass is 10.1. The van der Waals surface area contributed by atoms with Crippen molar-refractivity contribution >= 4 is 0 Å². The minimum absolute atomic E-state index is 0.107. The van der Waals surface area contributed by atoms with Crippen LogP contribution in [-0.2, 0) is 6.42 Å². The lowest BCUT2D eigenvalue weighted by Crippen LogP contribution is -2.18. The van der Waals surface area contributed by atoms with Crippen molar-refractivity contribution < 1.29 is 9.50 Å². The van der Waals surface area contributed by atoms with Crippen LogP contribution in [0.4, 0.5) is 4.39 Å². The molecule has 1 aromatic carbocycles. The summed E-state index contributed by atoms with van der Waals surface area (Å²) < 4.78 is 13.5. The lowest BCUT2D eigenvalue weighted by molar-refractivity contribution is 0.298. The van der Waals surface area contributed by atoms with Gasteiger partial charge in [-0.15, -0.1) is 0 Å². The zero-order valence-electron chi connectivity index (χ0n) is 10.8. The number of nitrogens with zero attached hydrogens (tertiary/aromatic N) is 1. The summed E-state index contributed by atoms with van der Waals surface area (Å²) in [5.74, 6) is 0.000302. The Labute approximate surface area is 110 Å². The Balaban J connectivity index is 2.52. The molecule has 0 atom stereocenters. The number of aromatic amines is 1. The summed E-state index contributed by atoms with van der Waals surface area (Å²) in [6.45, 7) is 3.27.